The third-order valence-corrected chi connectivity index (χ3v) is 0.175. The Labute approximate surface area is 71.7 Å². The molecular formula is C2H10CaN2O2. The molecule has 0 heterocycles. The minimum atomic E-state index is -0.968. The molecule has 0 saturated heterocycles. The van der Waals surface area contributed by atoms with Crippen LogP contribution in [0, 0.1) is 0 Å². The van der Waals surface area contributed by atoms with Gasteiger partial charge in [-0.1, -0.05) is 0 Å². The predicted octanol–water partition coefficient (Wildman–Crippen LogP) is -1.72. The van der Waals surface area contributed by atoms with Crippen LogP contribution in [-0.2, 0) is 4.79 Å². The van der Waals surface area contributed by atoms with Crippen LogP contribution in [0.4, 0.5) is 0 Å². The molecule has 0 bridgehead atoms. The summed E-state index contributed by atoms with van der Waals surface area (Å²) in [4.78, 5) is 9.24. The van der Waals surface area contributed by atoms with E-state index in [1.54, 1.807) is 0 Å². The first-order valence-corrected chi connectivity index (χ1v) is 1.19. The normalized spacial score (nSPS) is 5.29. The van der Waals surface area contributed by atoms with Crippen molar-refractivity contribution >= 4 is 43.7 Å². The van der Waals surface area contributed by atoms with Crippen molar-refractivity contribution in [2.24, 2.45) is 5.73 Å². The first-order chi connectivity index (χ1) is 2.27. The van der Waals surface area contributed by atoms with Crippen LogP contribution < -0.4 is 11.9 Å². The van der Waals surface area contributed by atoms with Crippen LogP contribution in [0.25, 0.3) is 0 Å². The number of carbonyl (C=O) groups is 1. The Morgan fingerprint density at radius 1 is 1.71 bits per heavy atom. The van der Waals surface area contributed by atoms with Gasteiger partial charge in [0.2, 0.25) is 0 Å². The van der Waals surface area contributed by atoms with Gasteiger partial charge in [0, 0.05) is 0 Å². The Morgan fingerprint density at radius 2 is 1.86 bits per heavy atom. The molecule has 5 heteroatoms. The number of aliphatic carboxylic acids is 1. The Kier molecular flexibility index (Phi) is 21.9. The van der Waals surface area contributed by atoms with E-state index in [4.69, 9.17) is 5.11 Å². The quantitative estimate of drug-likeness (QED) is 0.371. The maximum absolute atomic E-state index is 9.24. The standard InChI is InChI=1S/C2H5NO2.Ca.H3N.2H/c3-1-2(4)5;;;;/h1,3H2,(H,4,5);;1H3;;. The molecule has 0 aliphatic rings. The monoisotopic (exact) mass is 134 g/mol. The van der Waals surface area contributed by atoms with E-state index in [0.29, 0.717) is 0 Å². The van der Waals surface area contributed by atoms with Crippen molar-refractivity contribution in [3.05, 3.63) is 0 Å². The van der Waals surface area contributed by atoms with E-state index < -0.39 is 5.97 Å². The van der Waals surface area contributed by atoms with Gasteiger partial charge in [0.25, 0.3) is 0 Å². The molecule has 0 aromatic rings. The van der Waals surface area contributed by atoms with Gasteiger partial charge >= 0.3 is 43.7 Å². The molecule has 7 heavy (non-hydrogen) atoms. The van der Waals surface area contributed by atoms with Crippen LogP contribution in [-0.4, -0.2) is 55.4 Å². The Hall–Kier alpha value is 0.650. The topological polar surface area (TPSA) is 98.3 Å². The van der Waals surface area contributed by atoms with E-state index in [1.807, 2.05) is 0 Å². The van der Waals surface area contributed by atoms with Crippen molar-refractivity contribution in [2.45, 2.75) is 0 Å². The Bertz CT molecular complexity index is 49.0. The molecule has 42 valence electrons. The first-order valence-electron chi connectivity index (χ1n) is 1.19. The molecule has 6 N–H and O–H groups in total. The summed E-state index contributed by atoms with van der Waals surface area (Å²) in [6, 6.07) is 0. The summed E-state index contributed by atoms with van der Waals surface area (Å²) in [7, 11) is 0. The van der Waals surface area contributed by atoms with Crippen LogP contribution in [0.5, 0.6) is 0 Å². The van der Waals surface area contributed by atoms with Crippen molar-refractivity contribution < 1.29 is 9.90 Å². The second-order valence-corrected chi connectivity index (χ2v) is 0.598. The van der Waals surface area contributed by atoms with Crippen LogP contribution in [0.2, 0.25) is 0 Å². The third-order valence-electron chi connectivity index (χ3n) is 0.175. The summed E-state index contributed by atoms with van der Waals surface area (Å²) in [6.07, 6.45) is 0. The van der Waals surface area contributed by atoms with E-state index in [9.17, 15) is 4.79 Å². The van der Waals surface area contributed by atoms with Gasteiger partial charge in [-0.25, -0.2) is 0 Å². The summed E-state index contributed by atoms with van der Waals surface area (Å²) in [5, 5.41) is 7.60. The number of hydrogen-bond acceptors (Lipinski definition) is 3. The van der Waals surface area contributed by atoms with Crippen LogP contribution >= 0.6 is 0 Å². The molecule has 0 radical (unpaired) electrons. The van der Waals surface area contributed by atoms with Gasteiger partial charge < -0.3 is 17.0 Å². The molecule has 0 saturated carbocycles. The zero-order valence-electron chi connectivity index (χ0n) is 3.35. The van der Waals surface area contributed by atoms with Crippen molar-refractivity contribution in [3.8, 4) is 0 Å². The second-order valence-electron chi connectivity index (χ2n) is 0.598. The molecule has 0 unspecified atom stereocenters. The average Bonchev–Trinajstić information content (AvgIpc) is 1.38. The van der Waals surface area contributed by atoms with Gasteiger partial charge in [-0.2, -0.15) is 0 Å². The molecule has 0 amide bonds. The van der Waals surface area contributed by atoms with E-state index in [-0.39, 0.29) is 50.4 Å². The first kappa shape index (κ1) is 15.6. The van der Waals surface area contributed by atoms with Gasteiger partial charge in [-0.05, 0) is 0 Å². The minimum absolute atomic E-state index is 0. The molecule has 0 aromatic carbocycles. The zero-order valence-corrected chi connectivity index (χ0v) is 3.35. The Balaban J connectivity index is -0.0000000800. The summed E-state index contributed by atoms with van der Waals surface area (Å²) in [6.45, 7) is -0.278. The number of carboxylic acid groups (broad SMARTS) is 1. The van der Waals surface area contributed by atoms with E-state index >= 15 is 0 Å². The molecular weight excluding hydrogens is 124 g/mol. The molecule has 0 aromatic heterocycles. The van der Waals surface area contributed by atoms with Gasteiger partial charge in [-0.15, -0.1) is 0 Å². The van der Waals surface area contributed by atoms with E-state index in [1.165, 1.54) is 0 Å². The Morgan fingerprint density at radius 3 is 1.86 bits per heavy atom. The van der Waals surface area contributed by atoms with Gasteiger partial charge in [0.1, 0.15) is 0 Å². The second kappa shape index (κ2) is 9.82. The van der Waals surface area contributed by atoms with Crippen LogP contribution in [0.3, 0.4) is 0 Å². The molecule has 0 rings (SSSR count). The van der Waals surface area contributed by atoms with Gasteiger partial charge in [0.15, 0.2) is 0 Å². The summed E-state index contributed by atoms with van der Waals surface area (Å²) < 4.78 is 0. The maximum atomic E-state index is 9.24. The molecule has 0 aliphatic heterocycles. The van der Waals surface area contributed by atoms with Crippen LogP contribution in [0.1, 0.15) is 0 Å². The van der Waals surface area contributed by atoms with E-state index in [0.717, 1.165) is 0 Å². The molecule has 0 atom stereocenters. The summed E-state index contributed by atoms with van der Waals surface area (Å²) in [5.41, 5.74) is 4.57. The van der Waals surface area contributed by atoms with Crippen molar-refractivity contribution in [3.63, 3.8) is 0 Å². The van der Waals surface area contributed by atoms with Crippen molar-refractivity contribution in [1.29, 1.82) is 0 Å². The fourth-order valence-electron chi connectivity index (χ4n) is 0. The van der Waals surface area contributed by atoms with E-state index in [2.05, 4.69) is 5.73 Å². The number of rotatable bonds is 1. The van der Waals surface area contributed by atoms with Crippen LogP contribution in [0.15, 0.2) is 0 Å². The number of nitrogens with two attached hydrogens (primary N) is 1. The van der Waals surface area contributed by atoms with Gasteiger partial charge in [-0.3, -0.25) is 4.79 Å². The van der Waals surface area contributed by atoms with Crippen molar-refractivity contribution in [1.82, 2.24) is 6.15 Å². The molecule has 0 spiro atoms. The fourth-order valence-corrected chi connectivity index (χ4v) is 0. The molecule has 0 fully saturated rings. The third kappa shape index (κ3) is 20.5. The molecule has 0 aliphatic carbocycles. The summed E-state index contributed by atoms with van der Waals surface area (Å²) in [5.74, 6) is -0.968. The molecule has 4 nitrogen and oxygen atoms in total. The fraction of sp³-hybridized carbons (Fsp3) is 0.500. The van der Waals surface area contributed by atoms with Gasteiger partial charge in [0.05, 0.1) is 6.54 Å². The van der Waals surface area contributed by atoms with Crippen molar-refractivity contribution in [2.75, 3.05) is 6.54 Å². The average molecular weight is 134 g/mol. The SMILES string of the molecule is N.NCC(=O)O.[CaH2]. The number of carboxylic acids is 1. The zero-order chi connectivity index (χ0) is 4.28. The number of hydrogen-bond donors (Lipinski definition) is 3. The predicted molar refractivity (Wildman–Crippen MR) is 30.3 cm³/mol. The summed E-state index contributed by atoms with van der Waals surface area (Å²) >= 11 is 0.